The zero-order valence-electron chi connectivity index (χ0n) is 12.8. The number of nitrogens with zero attached hydrogens (tertiary/aromatic N) is 2. The average Bonchev–Trinajstić information content (AvgIpc) is 2.40. The van der Waals surface area contributed by atoms with Crippen molar-refractivity contribution in [2.45, 2.75) is 34.1 Å². The maximum atomic E-state index is 11.6. The van der Waals surface area contributed by atoms with Crippen molar-refractivity contribution in [2.24, 2.45) is 5.92 Å². The SMILES string of the molecule is CCCNc1nc(C)cc(NCC(=O)NCC(C)C)n1. The Morgan fingerprint density at radius 3 is 2.70 bits per heavy atom. The third-order valence-corrected chi connectivity index (χ3v) is 2.52. The second-order valence-electron chi connectivity index (χ2n) is 5.20. The molecular weight excluding hydrogens is 254 g/mol. The Labute approximate surface area is 120 Å². The molecule has 1 aromatic heterocycles. The highest BCUT2D eigenvalue weighted by Crippen LogP contribution is 2.09. The molecule has 1 rings (SSSR count). The van der Waals surface area contributed by atoms with Gasteiger partial charge in [0.1, 0.15) is 5.82 Å². The van der Waals surface area contributed by atoms with Crippen LogP contribution in [-0.2, 0) is 4.79 Å². The van der Waals surface area contributed by atoms with Crippen molar-refractivity contribution in [3.05, 3.63) is 11.8 Å². The van der Waals surface area contributed by atoms with Crippen molar-refractivity contribution < 1.29 is 4.79 Å². The number of aromatic nitrogens is 2. The van der Waals surface area contributed by atoms with E-state index in [4.69, 9.17) is 0 Å². The summed E-state index contributed by atoms with van der Waals surface area (Å²) in [5.74, 6) is 1.68. The van der Waals surface area contributed by atoms with Crippen molar-refractivity contribution in [3.8, 4) is 0 Å². The second kappa shape index (κ2) is 8.35. The van der Waals surface area contributed by atoms with Crippen molar-refractivity contribution in [3.63, 3.8) is 0 Å². The fraction of sp³-hybridized carbons (Fsp3) is 0.643. The molecule has 6 nitrogen and oxygen atoms in total. The van der Waals surface area contributed by atoms with E-state index >= 15 is 0 Å². The lowest BCUT2D eigenvalue weighted by Gasteiger charge is -2.10. The zero-order valence-corrected chi connectivity index (χ0v) is 12.8. The first-order chi connectivity index (χ1) is 9.51. The van der Waals surface area contributed by atoms with Gasteiger partial charge in [-0.15, -0.1) is 0 Å². The molecule has 1 aromatic rings. The molecule has 0 radical (unpaired) electrons. The second-order valence-corrected chi connectivity index (χ2v) is 5.20. The fourth-order valence-corrected chi connectivity index (χ4v) is 1.53. The summed E-state index contributed by atoms with van der Waals surface area (Å²) in [5, 5.41) is 9.02. The van der Waals surface area contributed by atoms with Crippen LogP contribution in [0.15, 0.2) is 6.07 Å². The summed E-state index contributed by atoms with van der Waals surface area (Å²) in [6.45, 7) is 9.85. The molecule has 0 unspecified atom stereocenters. The van der Waals surface area contributed by atoms with Crippen molar-refractivity contribution in [2.75, 3.05) is 30.3 Å². The highest BCUT2D eigenvalue weighted by molar-refractivity contribution is 5.80. The van der Waals surface area contributed by atoms with E-state index in [1.165, 1.54) is 0 Å². The van der Waals surface area contributed by atoms with Gasteiger partial charge in [0.2, 0.25) is 11.9 Å². The van der Waals surface area contributed by atoms with Gasteiger partial charge in [0.15, 0.2) is 0 Å². The standard InChI is InChI=1S/C14H25N5O/c1-5-6-15-14-18-11(4)7-12(19-14)16-9-13(20)17-8-10(2)3/h7,10H,5-6,8-9H2,1-4H3,(H,17,20)(H2,15,16,18,19). The van der Waals surface area contributed by atoms with Crippen molar-refractivity contribution in [1.29, 1.82) is 0 Å². The number of hydrogen-bond acceptors (Lipinski definition) is 5. The molecule has 0 fully saturated rings. The Kier molecular flexibility index (Phi) is 6.76. The van der Waals surface area contributed by atoms with Crippen LogP contribution in [0.3, 0.4) is 0 Å². The first kappa shape index (κ1) is 16.2. The number of aryl methyl sites for hydroxylation is 1. The summed E-state index contributed by atoms with van der Waals surface area (Å²) < 4.78 is 0. The Morgan fingerprint density at radius 1 is 1.30 bits per heavy atom. The number of carbonyl (C=O) groups is 1. The minimum absolute atomic E-state index is 0.0296. The van der Waals surface area contributed by atoms with Crippen molar-refractivity contribution in [1.82, 2.24) is 15.3 Å². The lowest BCUT2D eigenvalue weighted by molar-refractivity contribution is -0.119. The van der Waals surface area contributed by atoms with E-state index in [2.05, 4.69) is 46.7 Å². The van der Waals surface area contributed by atoms with Crippen molar-refractivity contribution >= 4 is 17.7 Å². The van der Waals surface area contributed by atoms with E-state index in [9.17, 15) is 4.79 Å². The monoisotopic (exact) mass is 279 g/mol. The maximum absolute atomic E-state index is 11.6. The number of amides is 1. The molecule has 3 N–H and O–H groups in total. The van der Waals surface area contributed by atoms with E-state index in [1.807, 2.05) is 13.0 Å². The Morgan fingerprint density at radius 2 is 2.05 bits per heavy atom. The third kappa shape index (κ3) is 6.36. The molecule has 0 aliphatic rings. The maximum Gasteiger partial charge on any atom is 0.239 e. The van der Waals surface area contributed by atoms with Gasteiger partial charge < -0.3 is 16.0 Å². The van der Waals surface area contributed by atoms with Crippen LogP contribution >= 0.6 is 0 Å². The summed E-state index contributed by atoms with van der Waals surface area (Å²) in [7, 11) is 0. The topological polar surface area (TPSA) is 78.9 Å². The van der Waals surface area contributed by atoms with Gasteiger partial charge in [-0.25, -0.2) is 4.98 Å². The summed E-state index contributed by atoms with van der Waals surface area (Å²) in [5.41, 5.74) is 0.865. The normalized spacial score (nSPS) is 10.4. The number of carbonyl (C=O) groups excluding carboxylic acids is 1. The highest BCUT2D eigenvalue weighted by atomic mass is 16.1. The van der Waals surface area contributed by atoms with Crippen LogP contribution < -0.4 is 16.0 Å². The van der Waals surface area contributed by atoms with Gasteiger partial charge in [-0.2, -0.15) is 4.98 Å². The Hall–Kier alpha value is -1.85. The van der Waals surface area contributed by atoms with Gasteiger partial charge >= 0.3 is 0 Å². The van der Waals surface area contributed by atoms with E-state index < -0.39 is 0 Å². The van der Waals surface area contributed by atoms with Crippen LogP contribution in [0.1, 0.15) is 32.9 Å². The van der Waals surface area contributed by atoms with Crippen LogP contribution in [0, 0.1) is 12.8 Å². The van der Waals surface area contributed by atoms with Gasteiger partial charge in [0.25, 0.3) is 0 Å². The molecule has 0 aromatic carbocycles. The van der Waals surface area contributed by atoms with Gasteiger partial charge in [0.05, 0.1) is 6.54 Å². The molecule has 112 valence electrons. The molecule has 0 aliphatic heterocycles. The highest BCUT2D eigenvalue weighted by Gasteiger charge is 2.05. The number of hydrogen-bond donors (Lipinski definition) is 3. The van der Waals surface area contributed by atoms with Crippen LogP contribution in [0.2, 0.25) is 0 Å². The first-order valence-corrected chi connectivity index (χ1v) is 7.11. The minimum atomic E-state index is -0.0296. The molecule has 0 bridgehead atoms. The van der Waals surface area contributed by atoms with Crippen LogP contribution in [0.25, 0.3) is 0 Å². The summed E-state index contributed by atoms with van der Waals surface area (Å²) >= 11 is 0. The van der Waals surface area contributed by atoms with Gasteiger partial charge in [-0.05, 0) is 19.3 Å². The predicted molar refractivity (Wildman–Crippen MR) is 81.9 cm³/mol. The number of nitrogens with one attached hydrogen (secondary N) is 3. The summed E-state index contributed by atoms with van der Waals surface area (Å²) in [6.07, 6.45) is 1.01. The summed E-state index contributed by atoms with van der Waals surface area (Å²) in [6, 6.07) is 1.83. The molecule has 1 heterocycles. The molecule has 6 heteroatoms. The van der Waals surface area contributed by atoms with Gasteiger partial charge in [-0.1, -0.05) is 20.8 Å². The van der Waals surface area contributed by atoms with Crippen LogP contribution in [0.4, 0.5) is 11.8 Å². The Bertz CT molecular complexity index is 434. The van der Waals surface area contributed by atoms with Gasteiger partial charge in [0, 0.05) is 24.8 Å². The predicted octanol–water partition coefficient (Wildman–Crippen LogP) is 1.79. The smallest absolute Gasteiger partial charge is 0.239 e. The number of anilines is 2. The molecule has 0 saturated heterocycles. The molecule has 20 heavy (non-hydrogen) atoms. The van der Waals surface area contributed by atoms with Crippen LogP contribution in [0.5, 0.6) is 0 Å². The van der Waals surface area contributed by atoms with E-state index in [0.717, 1.165) is 18.7 Å². The third-order valence-electron chi connectivity index (χ3n) is 2.52. The average molecular weight is 279 g/mol. The van der Waals surface area contributed by atoms with Gasteiger partial charge in [-0.3, -0.25) is 4.79 Å². The first-order valence-electron chi connectivity index (χ1n) is 7.11. The van der Waals surface area contributed by atoms with E-state index in [1.54, 1.807) is 0 Å². The molecule has 0 saturated carbocycles. The quantitative estimate of drug-likeness (QED) is 0.676. The molecule has 1 amide bonds. The lowest BCUT2D eigenvalue weighted by Crippen LogP contribution is -2.32. The number of rotatable bonds is 8. The molecule has 0 spiro atoms. The minimum Gasteiger partial charge on any atom is -0.361 e. The lowest BCUT2D eigenvalue weighted by atomic mass is 10.2. The largest absolute Gasteiger partial charge is 0.361 e. The molecule has 0 aliphatic carbocycles. The summed E-state index contributed by atoms with van der Waals surface area (Å²) in [4.78, 5) is 20.3. The zero-order chi connectivity index (χ0) is 15.0. The van der Waals surface area contributed by atoms with Crippen LogP contribution in [-0.4, -0.2) is 35.5 Å². The fourth-order valence-electron chi connectivity index (χ4n) is 1.53. The molecule has 0 atom stereocenters. The van der Waals surface area contributed by atoms with E-state index in [-0.39, 0.29) is 12.5 Å². The Balaban J connectivity index is 2.50. The van der Waals surface area contributed by atoms with E-state index in [0.29, 0.717) is 24.2 Å². The molecular formula is C14H25N5O.